The van der Waals surface area contributed by atoms with Crippen LogP contribution in [0.1, 0.15) is 46.5 Å². The van der Waals surface area contributed by atoms with Crippen LogP contribution in [0.4, 0.5) is 4.79 Å². The number of carbonyl (C=O) groups is 1. The van der Waals surface area contributed by atoms with Gasteiger partial charge in [-0.3, -0.25) is 0 Å². The fraction of sp³-hybridized carbons (Fsp3) is 0.933. The van der Waals surface area contributed by atoms with Crippen LogP contribution in [0, 0.1) is 5.41 Å². The van der Waals surface area contributed by atoms with E-state index in [1.165, 1.54) is 12.8 Å². The second-order valence-electron chi connectivity index (χ2n) is 7.12. The smallest absolute Gasteiger partial charge is 0.407 e. The maximum Gasteiger partial charge on any atom is 0.407 e. The van der Waals surface area contributed by atoms with Crippen molar-refractivity contribution in [3.05, 3.63) is 0 Å². The minimum atomic E-state index is -0.445. The number of hydrogen-bond acceptors (Lipinski definition) is 4. The maximum atomic E-state index is 11.8. The van der Waals surface area contributed by atoms with Gasteiger partial charge in [-0.25, -0.2) is 4.79 Å². The molecular formula is C15H28N2O3. The molecule has 2 N–H and O–H groups in total. The summed E-state index contributed by atoms with van der Waals surface area (Å²) in [4.78, 5) is 11.8. The fourth-order valence-corrected chi connectivity index (χ4v) is 2.44. The van der Waals surface area contributed by atoms with Crippen molar-refractivity contribution in [3.63, 3.8) is 0 Å². The Morgan fingerprint density at radius 2 is 1.90 bits per heavy atom. The minimum Gasteiger partial charge on any atom is -0.444 e. The Hall–Kier alpha value is -0.810. The van der Waals surface area contributed by atoms with E-state index in [4.69, 9.17) is 9.47 Å². The number of carbonyl (C=O) groups excluding carboxylic acids is 1. The highest BCUT2D eigenvalue weighted by atomic mass is 16.6. The summed E-state index contributed by atoms with van der Waals surface area (Å²) >= 11 is 0. The van der Waals surface area contributed by atoms with Gasteiger partial charge in [-0.05, 0) is 46.5 Å². The van der Waals surface area contributed by atoms with E-state index in [0.29, 0.717) is 12.6 Å². The van der Waals surface area contributed by atoms with E-state index in [-0.39, 0.29) is 11.5 Å². The average molecular weight is 284 g/mol. The van der Waals surface area contributed by atoms with E-state index in [1.807, 2.05) is 20.8 Å². The lowest BCUT2D eigenvalue weighted by molar-refractivity contribution is 0.00998. The molecule has 0 aromatic heterocycles. The van der Waals surface area contributed by atoms with Gasteiger partial charge in [0.2, 0.25) is 0 Å². The normalized spacial score (nSPS) is 22.4. The minimum absolute atomic E-state index is 0.109. The van der Waals surface area contributed by atoms with Crippen molar-refractivity contribution in [2.24, 2.45) is 5.41 Å². The van der Waals surface area contributed by atoms with Crippen LogP contribution in [0.3, 0.4) is 0 Å². The Morgan fingerprint density at radius 3 is 2.45 bits per heavy atom. The number of ether oxygens (including phenoxy) is 2. The molecule has 0 radical (unpaired) electrons. The van der Waals surface area contributed by atoms with Crippen LogP contribution < -0.4 is 10.6 Å². The van der Waals surface area contributed by atoms with Crippen molar-refractivity contribution in [1.29, 1.82) is 0 Å². The van der Waals surface area contributed by atoms with Gasteiger partial charge in [0.15, 0.2) is 0 Å². The topological polar surface area (TPSA) is 59.6 Å². The Morgan fingerprint density at radius 1 is 1.25 bits per heavy atom. The van der Waals surface area contributed by atoms with Crippen LogP contribution in [0.15, 0.2) is 0 Å². The van der Waals surface area contributed by atoms with Gasteiger partial charge in [0.25, 0.3) is 0 Å². The molecule has 0 aromatic rings. The van der Waals surface area contributed by atoms with Crippen LogP contribution >= 0.6 is 0 Å². The zero-order valence-corrected chi connectivity index (χ0v) is 13.0. The molecule has 1 saturated heterocycles. The summed E-state index contributed by atoms with van der Waals surface area (Å²) in [6.07, 6.45) is 4.22. The lowest BCUT2D eigenvalue weighted by atomic mass is 9.80. The Labute approximate surface area is 121 Å². The number of hydrogen-bond donors (Lipinski definition) is 2. The summed E-state index contributed by atoms with van der Waals surface area (Å²) in [6, 6.07) is 0.691. The second-order valence-corrected chi connectivity index (χ2v) is 7.12. The summed E-state index contributed by atoms with van der Waals surface area (Å²) in [5.41, 5.74) is -0.336. The van der Waals surface area contributed by atoms with Gasteiger partial charge in [0.05, 0.1) is 0 Å². The van der Waals surface area contributed by atoms with Gasteiger partial charge in [0.1, 0.15) is 5.60 Å². The highest BCUT2D eigenvalue weighted by Gasteiger charge is 2.35. The third kappa shape index (κ3) is 5.29. The van der Waals surface area contributed by atoms with E-state index in [9.17, 15) is 4.79 Å². The molecule has 116 valence electrons. The van der Waals surface area contributed by atoms with Crippen molar-refractivity contribution in [2.75, 3.05) is 26.3 Å². The molecule has 5 heteroatoms. The average Bonchev–Trinajstić information content (AvgIpc) is 3.18. The molecule has 1 heterocycles. The van der Waals surface area contributed by atoms with Gasteiger partial charge in [-0.15, -0.1) is 0 Å². The lowest BCUT2D eigenvalue weighted by Gasteiger charge is -2.37. The molecule has 2 aliphatic rings. The number of rotatable bonds is 5. The van der Waals surface area contributed by atoms with E-state index >= 15 is 0 Å². The molecule has 0 spiro atoms. The Bertz CT molecular complexity index is 329. The van der Waals surface area contributed by atoms with E-state index in [2.05, 4.69) is 10.6 Å². The summed E-state index contributed by atoms with van der Waals surface area (Å²) in [7, 11) is 0. The maximum absolute atomic E-state index is 11.8. The first kappa shape index (κ1) is 15.6. The van der Waals surface area contributed by atoms with Crippen LogP contribution in [0.2, 0.25) is 0 Å². The molecule has 0 aromatic carbocycles. The number of alkyl carbamates (subject to hydrolysis) is 1. The highest BCUT2D eigenvalue weighted by molar-refractivity contribution is 5.67. The largest absolute Gasteiger partial charge is 0.444 e. The third-order valence-electron chi connectivity index (χ3n) is 3.90. The molecule has 5 nitrogen and oxygen atoms in total. The summed E-state index contributed by atoms with van der Waals surface area (Å²) in [5.74, 6) is 0. The predicted molar refractivity (Wildman–Crippen MR) is 77.7 cm³/mol. The molecule has 1 aliphatic carbocycles. The molecule has 20 heavy (non-hydrogen) atoms. The van der Waals surface area contributed by atoms with Crippen LogP contribution in [0.25, 0.3) is 0 Å². The van der Waals surface area contributed by atoms with E-state index < -0.39 is 5.60 Å². The molecular weight excluding hydrogens is 256 g/mol. The highest BCUT2D eigenvalue weighted by Crippen LogP contribution is 2.31. The molecule has 2 rings (SSSR count). The first-order chi connectivity index (χ1) is 9.39. The summed E-state index contributed by atoms with van der Waals surface area (Å²) in [5, 5.41) is 6.53. The zero-order valence-electron chi connectivity index (χ0n) is 13.0. The molecule has 0 atom stereocenters. The SMILES string of the molecule is CC(C)(C)OC(=O)NCC1(CNC2CC2)CCOCC1. The molecule has 1 amide bonds. The summed E-state index contributed by atoms with van der Waals surface area (Å²) < 4.78 is 10.8. The summed E-state index contributed by atoms with van der Waals surface area (Å²) in [6.45, 7) is 8.81. The van der Waals surface area contributed by atoms with Gasteiger partial charge >= 0.3 is 6.09 Å². The fourth-order valence-electron chi connectivity index (χ4n) is 2.44. The second kappa shape index (κ2) is 6.31. The van der Waals surface area contributed by atoms with Gasteiger partial charge < -0.3 is 20.1 Å². The van der Waals surface area contributed by atoms with Crippen LogP contribution in [-0.4, -0.2) is 44.0 Å². The number of amides is 1. The van der Waals surface area contributed by atoms with Crippen molar-refractivity contribution >= 4 is 6.09 Å². The molecule has 2 fully saturated rings. The van der Waals surface area contributed by atoms with Gasteiger partial charge in [-0.1, -0.05) is 0 Å². The standard InChI is InChI=1S/C15H28N2O3/c1-14(2,3)20-13(18)17-11-15(6-8-19-9-7-15)10-16-12-4-5-12/h12,16H,4-11H2,1-3H3,(H,17,18). The predicted octanol–water partition coefficient (Wildman–Crippen LogP) is 2.06. The third-order valence-corrected chi connectivity index (χ3v) is 3.90. The lowest BCUT2D eigenvalue weighted by Crippen LogP contribution is -2.48. The first-order valence-electron chi connectivity index (χ1n) is 7.67. The number of nitrogens with one attached hydrogen (secondary N) is 2. The van der Waals surface area contributed by atoms with E-state index in [1.54, 1.807) is 0 Å². The molecule has 0 unspecified atom stereocenters. The van der Waals surface area contributed by atoms with Crippen molar-refractivity contribution < 1.29 is 14.3 Å². The van der Waals surface area contributed by atoms with Crippen molar-refractivity contribution in [1.82, 2.24) is 10.6 Å². The molecule has 1 aliphatic heterocycles. The van der Waals surface area contributed by atoms with Crippen molar-refractivity contribution in [3.8, 4) is 0 Å². The monoisotopic (exact) mass is 284 g/mol. The van der Waals surface area contributed by atoms with Gasteiger partial charge in [-0.2, -0.15) is 0 Å². The Kier molecular flexibility index (Phi) is 4.91. The van der Waals surface area contributed by atoms with Crippen LogP contribution in [0.5, 0.6) is 0 Å². The van der Waals surface area contributed by atoms with Gasteiger partial charge in [0, 0.05) is 37.8 Å². The zero-order chi connectivity index (χ0) is 14.6. The molecule has 0 bridgehead atoms. The van der Waals surface area contributed by atoms with Crippen molar-refractivity contribution in [2.45, 2.75) is 58.1 Å². The van der Waals surface area contributed by atoms with E-state index in [0.717, 1.165) is 32.6 Å². The first-order valence-corrected chi connectivity index (χ1v) is 7.67. The molecule has 1 saturated carbocycles. The quantitative estimate of drug-likeness (QED) is 0.811. The van der Waals surface area contributed by atoms with Crippen LogP contribution in [-0.2, 0) is 9.47 Å². The Balaban J connectivity index is 1.81.